The molecule has 3 aliphatic rings. The minimum Gasteiger partial charge on any atom is -0.397 e. The number of hydrogen-bond acceptors (Lipinski definition) is 7. The lowest BCUT2D eigenvalue weighted by Gasteiger charge is -2.23. The highest BCUT2D eigenvalue weighted by molar-refractivity contribution is 7.92. The Hall–Kier alpha value is -5.07. The molecule has 3 heterocycles. The first-order valence-corrected chi connectivity index (χ1v) is 17.7. The Labute approximate surface area is 291 Å². The van der Waals surface area contributed by atoms with E-state index in [-0.39, 0.29) is 46.9 Å². The second-order valence-corrected chi connectivity index (χ2v) is 15.0. The Kier molecular flexibility index (Phi) is 8.15. The van der Waals surface area contributed by atoms with Crippen LogP contribution in [0.15, 0.2) is 58.8 Å². The lowest BCUT2D eigenvalue weighted by Crippen LogP contribution is -2.38. The van der Waals surface area contributed by atoms with Gasteiger partial charge < -0.3 is 11.1 Å². The zero-order valence-corrected chi connectivity index (χ0v) is 28.4. The standard InChI is InChI=1S/C33H29F7N8O3S/c1-14-23(41)12-20(18-5-4-6-19-28(18)47(2)45-31(19)46-52(3,50)51)27(42-14)24(9-15-7-16(34)10-17(35)8-15)43-25(49)13-48-30-26(29(44-48)33(38,39)40)21-11-22(21)32(30,36)37/h4-8,10,12,21-22,24,29H,9,11,13,41H2,1-3H3,(H-,43,45,46,49)/p+1/t21-,22+,24-,29?/m0/s1. The first-order chi connectivity index (χ1) is 24.2. The van der Waals surface area contributed by atoms with Crippen LogP contribution >= 0.6 is 0 Å². The van der Waals surface area contributed by atoms with Crippen LogP contribution < -0.4 is 15.8 Å². The summed E-state index contributed by atoms with van der Waals surface area (Å²) in [5.74, 6) is -8.79. The van der Waals surface area contributed by atoms with Crippen molar-refractivity contribution >= 4 is 38.3 Å². The number of benzene rings is 2. The number of para-hydroxylation sites is 1. The number of fused-ring (bicyclic) bond motifs is 3. The number of aromatic nitrogens is 3. The highest BCUT2D eigenvalue weighted by atomic mass is 32.2. The number of pyridine rings is 1. The minimum absolute atomic E-state index is 0.0121. The van der Waals surface area contributed by atoms with E-state index < -0.39 is 81.4 Å². The molecule has 11 nitrogen and oxygen atoms in total. The minimum atomic E-state index is -4.97. The fourth-order valence-corrected chi connectivity index (χ4v) is 7.74. The largest absolute Gasteiger partial charge is 0.420 e. The molecule has 274 valence electrons. The molecular formula is C33H30F7N8O3S+. The van der Waals surface area contributed by atoms with Gasteiger partial charge in [0.05, 0.1) is 34.9 Å². The van der Waals surface area contributed by atoms with Crippen LogP contribution in [0.2, 0.25) is 0 Å². The molecular weight excluding hydrogens is 721 g/mol. The number of nitrogens with zero attached hydrogens (tertiary/aromatic N) is 5. The first-order valence-electron chi connectivity index (χ1n) is 15.9. The van der Waals surface area contributed by atoms with Gasteiger partial charge in [-0.15, -0.1) is 0 Å². The molecule has 0 radical (unpaired) electrons. The number of carbonyl (C=O) groups is 1. The molecule has 0 spiro atoms. The van der Waals surface area contributed by atoms with E-state index in [1.807, 2.05) is 0 Å². The fourth-order valence-electron chi connectivity index (χ4n) is 7.24. The molecule has 4 atom stereocenters. The van der Waals surface area contributed by atoms with Gasteiger partial charge in [0.15, 0.2) is 5.82 Å². The number of sulfonamides is 1. The van der Waals surface area contributed by atoms with Crippen molar-refractivity contribution in [2.75, 3.05) is 23.3 Å². The number of allylic oxidation sites excluding steroid dienone is 1. The van der Waals surface area contributed by atoms with Crippen molar-refractivity contribution in [3.05, 3.63) is 82.3 Å². The predicted molar refractivity (Wildman–Crippen MR) is 173 cm³/mol. The van der Waals surface area contributed by atoms with Gasteiger partial charge in [0.1, 0.15) is 11.6 Å². The molecule has 52 heavy (non-hydrogen) atoms. The smallest absolute Gasteiger partial charge is 0.397 e. The van der Waals surface area contributed by atoms with Crippen LogP contribution in [0.4, 0.5) is 42.2 Å². The molecule has 7 rings (SSSR count). The zero-order valence-electron chi connectivity index (χ0n) is 27.6. The third-order valence-electron chi connectivity index (χ3n) is 9.40. The van der Waals surface area contributed by atoms with Crippen LogP contribution in [0, 0.1) is 30.4 Å². The number of azo groups is 2. The van der Waals surface area contributed by atoms with Crippen LogP contribution in [0.25, 0.3) is 22.0 Å². The SMILES string of the molecule is Cc1nc([C@H](Cc2cc(F)cc(F)c2)NC(=O)C[N+]2=NC(C(F)(F)F)C3=C2C(F)(F)[C@@H]2C[C@H]32)c(-c2cccc3c(NS(C)(=O)=O)nn(C)c23)cc1N. The number of nitrogens with two attached hydrogens (primary N) is 1. The molecule has 19 heteroatoms. The average molecular weight is 752 g/mol. The van der Waals surface area contributed by atoms with Gasteiger partial charge in [0.2, 0.25) is 16.1 Å². The maximum absolute atomic E-state index is 15.3. The van der Waals surface area contributed by atoms with Gasteiger partial charge in [0, 0.05) is 41.1 Å². The molecule has 1 saturated carbocycles. The van der Waals surface area contributed by atoms with E-state index in [9.17, 15) is 35.2 Å². The van der Waals surface area contributed by atoms with Crippen molar-refractivity contribution < 1.29 is 48.6 Å². The number of halogens is 7. The summed E-state index contributed by atoms with van der Waals surface area (Å²) in [7, 11) is -2.19. The summed E-state index contributed by atoms with van der Waals surface area (Å²) in [6, 6.07) is 5.28. The van der Waals surface area contributed by atoms with Crippen molar-refractivity contribution in [1.82, 2.24) is 20.1 Å². The number of anilines is 2. The molecule has 1 amide bonds. The van der Waals surface area contributed by atoms with Crippen LogP contribution in [0.1, 0.15) is 29.4 Å². The van der Waals surface area contributed by atoms with Gasteiger partial charge in [-0.2, -0.15) is 27.1 Å². The molecule has 2 aromatic heterocycles. The lowest BCUT2D eigenvalue weighted by molar-refractivity contribution is -0.549. The van der Waals surface area contributed by atoms with Gasteiger partial charge in [-0.25, -0.2) is 17.2 Å². The fraction of sp³-hybridized carbons (Fsp3) is 0.364. The molecule has 0 bridgehead atoms. The summed E-state index contributed by atoms with van der Waals surface area (Å²) >= 11 is 0. The third-order valence-corrected chi connectivity index (χ3v) is 9.97. The summed E-state index contributed by atoms with van der Waals surface area (Å²) in [6.07, 6.45) is -4.44. The lowest BCUT2D eigenvalue weighted by atomic mass is 9.93. The number of alkyl halides is 5. The molecule has 4 N–H and O–H groups in total. The van der Waals surface area contributed by atoms with Crippen LogP contribution in [0.3, 0.4) is 0 Å². The number of carbonyl (C=O) groups excluding carboxylic acids is 1. The Bertz CT molecular complexity index is 2340. The molecule has 4 aromatic rings. The number of hydrogen-bond donors (Lipinski definition) is 3. The second kappa shape index (κ2) is 12.0. The molecule has 1 aliphatic heterocycles. The Morgan fingerprint density at radius 1 is 1.13 bits per heavy atom. The van der Waals surface area contributed by atoms with Crippen molar-refractivity contribution in [1.29, 1.82) is 0 Å². The van der Waals surface area contributed by atoms with E-state index in [2.05, 4.69) is 25.2 Å². The van der Waals surface area contributed by atoms with E-state index in [1.165, 1.54) is 10.7 Å². The monoisotopic (exact) mass is 751 g/mol. The van der Waals surface area contributed by atoms with E-state index in [0.717, 1.165) is 18.4 Å². The van der Waals surface area contributed by atoms with Crippen molar-refractivity contribution in [3.8, 4) is 11.1 Å². The normalized spacial score (nSPS) is 21.2. The van der Waals surface area contributed by atoms with Crippen LogP contribution in [-0.2, 0) is 28.3 Å². The van der Waals surface area contributed by atoms with E-state index in [4.69, 9.17) is 5.73 Å². The van der Waals surface area contributed by atoms with E-state index >= 15 is 8.78 Å². The Morgan fingerprint density at radius 3 is 2.48 bits per heavy atom. The van der Waals surface area contributed by atoms with Crippen molar-refractivity contribution in [2.45, 2.75) is 43.9 Å². The quantitative estimate of drug-likeness (QED) is 0.152. The molecule has 1 fully saturated rings. The Balaban J connectivity index is 1.32. The first kappa shape index (κ1) is 35.3. The predicted octanol–water partition coefficient (Wildman–Crippen LogP) is 5.52. The average Bonchev–Trinajstić information content (AvgIpc) is 3.57. The van der Waals surface area contributed by atoms with E-state index in [1.54, 1.807) is 32.2 Å². The van der Waals surface area contributed by atoms with Gasteiger partial charge in [-0.05, 0) is 60.6 Å². The second-order valence-electron chi connectivity index (χ2n) is 13.2. The van der Waals surface area contributed by atoms with Crippen LogP contribution in [-0.4, -0.2) is 64.7 Å². The Morgan fingerprint density at radius 2 is 1.83 bits per heavy atom. The number of nitrogens with one attached hydrogen (secondary N) is 2. The molecule has 2 aromatic carbocycles. The summed E-state index contributed by atoms with van der Waals surface area (Å²) in [5, 5.41) is 10.8. The summed E-state index contributed by atoms with van der Waals surface area (Å²) in [4.78, 5) is 18.3. The topological polar surface area (TPSA) is 147 Å². The zero-order chi connectivity index (χ0) is 37.7. The number of nitrogen functional groups attached to an aromatic ring is 1. The van der Waals surface area contributed by atoms with E-state index in [0.29, 0.717) is 27.2 Å². The van der Waals surface area contributed by atoms with Crippen LogP contribution in [0.5, 0.6) is 0 Å². The summed E-state index contributed by atoms with van der Waals surface area (Å²) in [6.45, 7) is 0.541. The van der Waals surface area contributed by atoms with Gasteiger partial charge >= 0.3 is 12.1 Å². The van der Waals surface area contributed by atoms with Gasteiger partial charge in [0.25, 0.3) is 18.1 Å². The van der Waals surface area contributed by atoms with Crippen molar-refractivity contribution in [2.24, 2.45) is 24.0 Å². The maximum Gasteiger partial charge on any atom is 0.420 e. The number of rotatable bonds is 9. The van der Waals surface area contributed by atoms with Gasteiger partial charge in [-0.3, -0.25) is 19.2 Å². The maximum atomic E-state index is 15.3. The third kappa shape index (κ3) is 6.23. The summed E-state index contributed by atoms with van der Waals surface area (Å²) < 4.78 is 130. The van der Waals surface area contributed by atoms with Crippen molar-refractivity contribution in [3.63, 3.8) is 0 Å². The highest BCUT2D eigenvalue weighted by Crippen LogP contribution is 2.66. The summed E-state index contributed by atoms with van der Waals surface area (Å²) in [5.41, 5.74) is 6.52. The highest BCUT2D eigenvalue weighted by Gasteiger charge is 2.75. The molecule has 2 aliphatic carbocycles. The number of aryl methyl sites for hydroxylation is 2. The molecule has 1 unspecified atom stereocenters. The number of amides is 1. The van der Waals surface area contributed by atoms with Gasteiger partial charge in [-0.1, -0.05) is 16.8 Å². The molecule has 0 saturated heterocycles.